The summed E-state index contributed by atoms with van der Waals surface area (Å²) in [6.07, 6.45) is 2.35. The SMILES string of the molecule is CCC/C(=C(/C(C)C)N(C)N)C(C)C. The van der Waals surface area contributed by atoms with Crippen LogP contribution in [0.2, 0.25) is 0 Å². The summed E-state index contributed by atoms with van der Waals surface area (Å²) in [5.74, 6) is 6.99. The lowest BCUT2D eigenvalue weighted by Gasteiger charge is -2.26. The minimum absolute atomic E-state index is 0.508. The lowest BCUT2D eigenvalue weighted by atomic mass is 9.92. The molecule has 2 nitrogen and oxygen atoms in total. The van der Waals surface area contributed by atoms with E-state index < -0.39 is 0 Å². The number of nitrogens with two attached hydrogens (primary N) is 1. The molecule has 0 bridgehead atoms. The minimum Gasteiger partial charge on any atom is -0.318 e. The first-order valence-electron chi connectivity index (χ1n) is 5.63. The number of rotatable bonds is 5. The highest BCUT2D eigenvalue weighted by molar-refractivity contribution is 5.16. The third-order valence-corrected chi connectivity index (χ3v) is 2.47. The van der Waals surface area contributed by atoms with Crippen LogP contribution >= 0.6 is 0 Å². The summed E-state index contributed by atoms with van der Waals surface area (Å²) >= 11 is 0. The van der Waals surface area contributed by atoms with E-state index in [1.165, 1.54) is 17.7 Å². The summed E-state index contributed by atoms with van der Waals surface area (Å²) in [6, 6.07) is 0. The first-order chi connectivity index (χ1) is 6.41. The molecule has 0 fully saturated rings. The van der Waals surface area contributed by atoms with E-state index in [1.807, 2.05) is 7.05 Å². The maximum Gasteiger partial charge on any atom is 0.0308 e. The monoisotopic (exact) mass is 198 g/mol. The highest BCUT2D eigenvalue weighted by Gasteiger charge is 2.15. The van der Waals surface area contributed by atoms with Gasteiger partial charge < -0.3 is 5.01 Å². The fourth-order valence-corrected chi connectivity index (χ4v) is 1.99. The molecule has 0 spiro atoms. The van der Waals surface area contributed by atoms with E-state index in [2.05, 4.69) is 34.6 Å². The number of hydrogen-bond acceptors (Lipinski definition) is 2. The second-order valence-electron chi connectivity index (χ2n) is 4.58. The molecule has 2 heteroatoms. The average molecular weight is 198 g/mol. The maximum absolute atomic E-state index is 5.88. The zero-order valence-corrected chi connectivity index (χ0v) is 10.6. The first-order valence-corrected chi connectivity index (χ1v) is 5.63. The number of nitrogens with zero attached hydrogens (tertiary/aromatic N) is 1. The molecule has 0 radical (unpaired) electrons. The van der Waals surface area contributed by atoms with Crippen LogP contribution in [0.5, 0.6) is 0 Å². The van der Waals surface area contributed by atoms with Crippen molar-refractivity contribution in [2.75, 3.05) is 7.05 Å². The normalized spacial score (nSPS) is 13.5. The zero-order valence-electron chi connectivity index (χ0n) is 10.6. The van der Waals surface area contributed by atoms with Gasteiger partial charge in [-0.25, -0.2) is 5.84 Å². The van der Waals surface area contributed by atoms with E-state index in [0.717, 1.165) is 6.42 Å². The van der Waals surface area contributed by atoms with Crippen LogP contribution in [0.3, 0.4) is 0 Å². The smallest absolute Gasteiger partial charge is 0.0308 e. The lowest BCUT2D eigenvalue weighted by molar-refractivity contribution is 0.374. The molecule has 0 aromatic rings. The Morgan fingerprint density at radius 1 is 1.14 bits per heavy atom. The highest BCUT2D eigenvalue weighted by atomic mass is 15.4. The van der Waals surface area contributed by atoms with E-state index in [-0.39, 0.29) is 0 Å². The Hall–Kier alpha value is -0.500. The van der Waals surface area contributed by atoms with Crippen LogP contribution in [-0.2, 0) is 0 Å². The zero-order chi connectivity index (χ0) is 11.3. The Morgan fingerprint density at radius 2 is 1.64 bits per heavy atom. The van der Waals surface area contributed by atoms with Crippen molar-refractivity contribution in [3.8, 4) is 0 Å². The van der Waals surface area contributed by atoms with Crippen LogP contribution in [0.4, 0.5) is 0 Å². The molecule has 14 heavy (non-hydrogen) atoms. The van der Waals surface area contributed by atoms with Crippen molar-refractivity contribution in [3.63, 3.8) is 0 Å². The molecule has 0 atom stereocenters. The van der Waals surface area contributed by atoms with E-state index in [0.29, 0.717) is 11.8 Å². The van der Waals surface area contributed by atoms with Crippen LogP contribution in [0.25, 0.3) is 0 Å². The van der Waals surface area contributed by atoms with Crippen LogP contribution in [0, 0.1) is 11.8 Å². The van der Waals surface area contributed by atoms with Gasteiger partial charge in [-0.15, -0.1) is 0 Å². The molecule has 0 unspecified atom stereocenters. The molecule has 0 aliphatic rings. The van der Waals surface area contributed by atoms with E-state index in [1.54, 1.807) is 5.01 Å². The van der Waals surface area contributed by atoms with Crippen LogP contribution in [0.15, 0.2) is 11.3 Å². The molecule has 0 amide bonds. The van der Waals surface area contributed by atoms with Crippen molar-refractivity contribution in [1.29, 1.82) is 0 Å². The van der Waals surface area contributed by atoms with Gasteiger partial charge in [0.05, 0.1) is 0 Å². The van der Waals surface area contributed by atoms with Gasteiger partial charge in [0.15, 0.2) is 0 Å². The van der Waals surface area contributed by atoms with Crippen LogP contribution < -0.4 is 5.84 Å². The molecule has 0 rings (SSSR count). The summed E-state index contributed by atoms with van der Waals surface area (Å²) in [7, 11) is 1.94. The number of hydrogen-bond donors (Lipinski definition) is 1. The molecule has 0 saturated carbocycles. The van der Waals surface area contributed by atoms with Gasteiger partial charge in [0.2, 0.25) is 0 Å². The van der Waals surface area contributed by atoms with Crippen molar-refractivity contribution in [3.05, 3.63) is 11.3 Å². The van der Waals surface area contributed by atoms with Crippen molar-refractivity contribution in [1.82, 2.24) is 5.01 Å². The lowest BCUT2D eigenvalue weighted by Crippen LogP contribution is -2.30. The largest absolute Gasteiger partial charge is 0.318 e. The summed E-state index contributed by atoms with van der Waals surface area (Å²) in [5.41, 5.74) is 2.81. The van der Waals surface area contributed by atoms with Crippen molar-refractivity contribution in [2.45, 2.75) is 47.5 Å². The standard InChI is InChI=1S/C12H26N2/c1-7-8-11(9(2)3)12(10(4)5)14(6)13/h9-10H,7-8,13H2,1-6H3/b12-11+. The molecule has 0 saturated heterocycles. The average Bonchev–Trinajstić information content (AvgIpc) is 2.01. The summed E-state index contributed by atoms with van der Waals surface area (Å²) in [6.45, 7) is 11.1. The Morgan fingerprint density at radius 3 is 1.86 bits per heavy atom. The van der Waals surface area contributed by atoms with Gasteiger partial charge in [0, 0.05) is 12.7 Å². The van der Waals surface area contributed by atoms with Crippen molar-refractivity contribution < 1.29 is 0 Å². The Labute approximate surface area is 89.1 Å². The predicted molar refractivity (Wildman–Crippen MR) is 63.6 cm³/mol. The second kappa shape index (κ2) is 6.07. The maximum atomic E-state index is 5.88. The minimum atomic E-state index is 0.508. The first kappa shape index (κ1) is 13.5. The highest BCUT2D eigenvalue weighted by Crippen LogP contribution is 2.25. The predicted octanol–water partition coefficient (Wildman–Crippen LogP) is 3.16. The molecular formula is C12H26N2. The second-order valence-corrected chi connectivity index (χ2v) is 4.58. The van der Waals surface area contributed by atoms with Crippen molar-refractivity contribution in [2.24, 2.45) is 17.7 Å². The van der Waals surface area contributed by atoms with Crippen LogP contribution in [-0.4, -0.2) is 12.1 Å². The Balaban J connectivity index is 5.04. The molecule has 0 aromatic heterocycles. The van der Waals surface area contributed by atoms with Gasteiger partial charge in [-0.1, -0.05) is 41.0 Å². The van der Waals surface area contributed by atoms with Crippen molar-refractivity contribution >= 4 is 0 Å². The van der Waals surface area contributed by atoms with E-state index >= 15 is 0 Å². The molecule has 0 aliphatic carbocycles. The third kappa shape index (κ3) is 3.70. The fourth-order valence-electron chi connectivity index (χ4n) is 1.99. The molecule has 84 valence electrons. The Kier molecular flexibility index (Phi) is 5.86. The van der Waals surface area contributed by atoms with E-state index in [4.69, 9.17) is 5.84 Å². The molecule has 0 aliphatic heterocycles. The van der Waals surface area contributed by atoms with Gasteiger partial charge in [-0.2, -0.15) is 0 Å². The van der Waals surface area contributed by atoms with Crippen LogP contribution in [0.1, 0.15) is 47.5 Å². The molecular weight excluding hydrogens is 172 g/mol. The summed E-state index contributed by atoms with van der Waals surface area (Å²) in [5, 5.41) is 1.79. The van der Waals surface area contributed by atoms with Gasteiger partial charge >= 0.3 is 0 Å². The number of hydrazine groups is 1. The molecule has 0 aromatic carbocycles. The Bertz CT molecular complexity index is 180. The van der Waals surface area contributed by atoms with E-state index in [9.17, 15) is 0 Å². The third-order valence-electron chi connectivity index (χ3n) is 2.47. The summed E-state index contributed by atoms with van der Waals surface area (Å²) in [4.78, 5) is 0. The van der Waals surface area contributed by atoms with Gasteiger partial charge in [-0.3, -0.25) is 0 Å². The van der Waals surface area contributed by atoms with Gasteiger partial charge in [0.25, 0.3) is 0 Å². The van der Waals surface area contributed by atoms with Gasteiger partial charge in [0.1, 0.15) is 0 Å². The van der Waals surface area contributed by atoms with Gasteiger partial charge in [-0.05, 0) is 23.8 Å². The topological polar surface area (TPSA) is 29.3 Å². The molecule has 2 N–H and O–H groups in total. The number of allylic oxidation sites excluding steroid dienone is 2. The molecule has 0 heterocycles. The fraction of sp³-hybridized carbons (Fsp3) is 0.833. The summed E-state index contributed by atoms with van der Waals surface area (Å²) < 4.78 is 0. The quantitative estimate of drug-likeness (QED) is 0.543.